The highest BCUT2D eigenvalue weighted by Crippen LogP contribution is 2.63. The van der Waals surface area contributed by atoms with E-state index in [2.05, 4.69) is 29.0 Å². The average molecular weight is 421 g/mol. The Hall–Kier alpha value is -3.29. The summed E-state index contributed by atoms with van der Waals surface area (Å²) in [7, 11) is 0. The molecule has 6 rings (SSSR count). The Bertz CT molecular complexity index is 1310. The second kappa shape index (κ2) is 6.35. The van der Waals surface area contributed by atoms with Crippen molar-refractivity contribution in [3.05, 3.63) is 65.6 Å². The van der Waals surface area contributed by atoms with Crippen molar-refractivity contribution >= 4 is 11.5 Å². The average Bonchev–Trinajstić information content (AvgIpc) is 3.13. The Kier molecular flexibility index (Phi) is 3.79. The van der Waals surface area contributed by atoms with Gasteiger partial charge in [0.25, 0.3) is 0 Å². The van der Waals surface area contributed by atoms with Gasteiger partial charge in [0.15, 0.2) is 11.4 Å². The van der Waals surface area contributed by atoms with Crippen LogP contribution in [0.5, 0.6) is 0 Å². The first-order chi connectivity index (χ1) is 15.0. The van der Waals surface area contributed by atoms with Gasteiger partial charge in [-0.15, -0.1) is 0 Å². The van der Waals surface area contributed by atoms with E-state index in [1.807, 2.05) is 18.3 Å². The molecule has 1 saturated heterocycles. The maximum absolute atomic E-state index is 14.7. The molecule has 1 aliphatic carbocycles. The smallest absolute Gasteiger partial charge is 0.172 e. The van der Waals surface area contributed by atoms with Crippen LogP contribution in [0.4, 0.5) is 14.6 Å². The molecule has 0 N–H and O–H groups in total. The van der Waals surface area contributed by atoms with Gasteiger partial charge in [-0.3, -0.25) is 0 Å². The molecule has 2 aliphatic rings. The minimum atomic E-state index is -0.533. The molecule has 0 radical (unpaired) electrons. The Labute approximate surface area is 177 Å². The fourth-order valence-corrected chi connectivity index (χ4v) is 4.97. The van der Waals surface area contributed by atoms with Crippen molar-refractivity contribution in [1.29, 1.82) is 0 Å². The molecule has 0 amide bonds. The molecule has 2 atom stereocenters. The number of halogens is 2. The largest absolute Gasteiger partial charge is 0.356 e. The van der Waals surface area contributed by atoms with E-state index in [-0.39, 0.29) is 11.7 Å². The molecule has 4 aromatic rings. The van der Waals surface area contributed by atoms with Crippen LogP contribution >= 0.6 is 0 Å². The molecule has 1 aromatic carbocycles. The fraction of sp³-hybridized carbons (Fsp3) is 0.348. The van der Waals surface area contributed by atoms with Crippen LogP contribution in [0, 0.1) is 17.6 Å². The maximum Gasteiger partial charge on any atom is 0.172 e. The van der Waals surface area contributed by atoms with Crippen LogP contribution in [0.1, 0.15) is 43.9 Å². The Morgan fingerprint density at radius 2 is 2.06 bits per heavy atom. The molecular weight excluding hydrogens is 400 g/mol. The highest BCUT2D eigenvalue weighted by molar-refractivity contribution is 5.74. The van der Waals surface area contributed by atoms with Gasteiger partial charge in [0.1, 0.15) is 17.5 Å². The molecular formula is C23H21F2N5O. The third-order valence-electron chi connectivity index (χ3n) is 6.67. The van der Waals surface area contributed by atoms with Crippen molar-refractivity contribution in [3.8, 4) is 11.3 Å². The first kappa shape index (κ1) is 18.5. The van der Waals surface area contributed by atoms with E-state index in [4.69, 9.17) is 9.51 Å². The van der Waals surface area contributed by atoms with Crippen LogP contribution in [-0.4, -0.2) is 26.3 Å². The zero-order chi connectivity index (χ0) is 21.3. The van der Waals surface area contributed by atoms with E-state index in [1.54, 1.807) is 10.7 Å². The lowest BCUT2D eigenvalue weighted by atomic mass is 10.0. The monoisotopic (exact) mass is 421 g/mol. The van der Waals surface area contributed by atoms with E-state index >= 15 is 0 Å². The van der Waals surface area contributed by atoms with E-state index < -0.39 is 11.4 Å². The number of hydrogen-bond acceptors (Lipinski definition) is 5. The molecule has 158 valence electrons. The van der Waals surface area contributed by atoms with E-state index in [0.717, 1.165) is 42.5 Å². The van der Waals surface area contributed by atoms with Crippen LogP contribution < -0.4 is 4.90 Å². The van der Waals surface area contributed by atoms with Crippen molar-refractivity contribution in [1.82, 2.24) is 19.8 Å². The lowest BCUT2D eigenvalue weighted by molar-refractivity contribution is 0.420. The number of hydrogen-bond donors (Lipinski definition) is 0. The third kappa shape index (κ3) is 2.63. The highest BCUT2D eigenvalue weighted by atomic mass is 19.1. The van der Waals surface area contributed by atoms with Gasteiger partial charge in [0, 0.05) is 24.4 Å². The highest BCUT2D eigenvalue weighted by Gasteiger charge is 2.64. The SMILES string of the molecule is CC(C)c1cc(-c2cnn3ccc(N4CC[C@H]5C[C@]54c4cc(F)ccc4F)nc23)on1. The number of anilines is 1. The quantitative estimate of drug-likeness (QED) is 0.469. The Balaban J connectivity index is 1.44. The number of benzene rings is 1. The summed E-state index contributed by atoms with van der Waals surface area (Å²) >= 11 is 0. The van der Waals surface area contributed by atoms with Crippen molar-refractivity contribution in [2.45, 2.75) is 38.1 Å². The number of aromatic nitrogens is 4. The predicted molar refractivity (Wildman–Crippen MR) is 111 cm³/mol. The molecule has 0 unspecified atom stereocenters. The van der Waals surface area contributed by atoms with Crippen LogP contribution in [0.25, 0.3) is 17.0 Å². The Morgan fingerprint density at radius 3 is 2.84 bits per heavy atom. The topological polar surface area (TPSA) is 59.5 Å². The second-order valence-corrected chi connectivity index (χ2v) is 8.77. The number of piperidine rings is 1. The fourth-order valence-electron chi connectivity index (χ4n) is 4.97. The molecule has 2 fully saturated rings. The lowest BCUT2D eigenvalue weighted by Gasteiger charge is -2.30. The summed E-state index contributed by atoms with van der Waals surface area (Å²) in [6.07, 6.45) is 5.27. The standard InChI is InChI=1S/C23H21F2N5O/c1-13(2)19-10-20(31-28-19)16-12-26-30-8-6-21(27-22(16)30)29-7-5-14-11-23(14,29)17-9-15(24)3-4-18(17)25/h3-4,6,8-10,12-14H,5,7,11H2,1-2H3/t14-,23+/m0/s1. The molecule has 3 aromatic heterocycles. The number of rotatable bonds is 4. The normalized spacial score (nSPS) is 22.5. The summed E-state index contributed by atoms with van der Waals surface area (Å²) < 4.78 is 35.9. The summed E-state index contributed by atoms with van der Waals surface area (Å²) in [4.78, 5) is 6.99. The molecule has 1 aliphatic heterocycles. The van der Waals surface area contributed by atoms with Crippen molar-refractivity contribution < 1.29 is 13.3 Å². The van der Waals surface area contributed by atoms with Crippen molar-refractivity contribution in [3.63, 3.8) is 0 Å². The van der Waals surface area contributed by atoms with Crippen LogP contribution in [-0.2, 0) is 5.54 Å². The number of fused-ring (bicyclic) bond motifs is 2. The molecule has 1 saturated carbocycles. The van der Waals surface area contributed by atoms with Gasteiger partial charge in [0.05, 0.1) is 23.0 Å². The molecule has 0 spiro atoms. The minimum Gasteiger partial charge on any atom is -0.356 e. The first-order valence-corrected chi connectivity index (χ1v) is 10.5. The van der Waals surface area contributed by atoms with Gasteiger partial charge in [-0.05, 0) is 48.9 Å². The molecule has 0 bridgehead atoms. The molecule has 8 heteroatoms. The van der Waals surface area contributed by atoms with Crippen LogP contribution in [0.3, 0.4) is 0 Å². The van der Waals surface area contributed by atoms with Gasteiger partial charge in [-0.1, -0.05) is 19.0 Å². The minimum absolute atomic E-state index is 0.250. The number of nitrogens with zero attached hydrogens (tertiary/aromatic N) is 5. The van der Waals surface area contributed by atoms with E-state index in [9.17, 15) is 8.78 Å². The summed E-state index contributed by atoms with van der Waals surface area (Å²) in [5.41, 5.74) is 2.14. The van der Waals surface area contributed by atoms with Crippen LogP contribution in [0.15, 0.2) is 47.2 Å². The van der Waals surface area contributed by atoms with Crippen LogP contribution in [0.2, 0.25) is 0 Å². The Morgan fingerprint density at radius 1 is 1.19 bits per heavy atom. The van der Waals surface area contributed by atoms with Gasteiger partial charge in [-0.25, -0.2) is 18.3 Å². The van der Waals surface area contributed by atoms with E-state index in [0.29, 0.717) is 22.9 Å². The molecule has 6 nitrogen and oxygen atoms in total. The third-order valence-corrected chi connectivity index (χ3v) is 6.67. The zero-order valence-corrected chi connectivity index (χ0v) is 17.2. The second-order valence-electron chi connectivity index (χ2n) is 8.77. The van der Waals surface area contributed by atoms with Gasteiger partial charge < -0.3 is 9.42 Å². The summed E-state index contributed by atoms with van der Waals surface area (Å²) in [6.45, 7) is 4.85. The van der Waals surface area contributed by atoms with E-state index in [1.165, 1.54) is 12.1 Å². The van der Waals surface area contributed by atoms with Gasteiger partial charge in [0.2, 0.25) is 0 Å². The summed E-state index contributed by atoms with van der Waals surface area (Å²) in [6, 6.07) is 7.50. The zero-order valence-electron chi connectivity index (χ0n) is 17.2. The van der Waals surface area contributed by atoms with Gasteiger partial charge >= 0.3 is 0 Å². The lowest BCUT2D eigenvalue weighted by Crippen LogP contribution is -2.34. The summed E-state index contributed by atoms with van der Waals surface area (Å²) in [5.74, 6) is 1.09. The molecule has 31 heavy (non-hydrogen) atoms. The summed E-state index contributed by atoms with van der Waals surface area (Å²) in [5, 5.41) is 8.52. The van der Waals surface area contributed by atoms with Crippen molar-refractivity contribution in [2.24, 2.45) is 5.92 Å². The predicted octanol–water partition coefficient (Wildman–Crippen LogP) is 4.91. The van der Waals surface area contributed by atoms with Gasteiger partial charge in [-0.2, -0.15) is 5.10 Å². The first-order valence-electron chi connectivity index (χ1n) is 10.5. The maximum atomic E-state index is 14.7. The van der Waals surface area contributed by atoms with Crippen molar-refractivity contribution in [2.75, 3.05) is 11.4 Å². The molecule has 4 heterocycles.